The smallest absolute Gasteiger partial charge is 0.397 e. The number of carbonyl (C=O) groups excluding carboxylic acids is 1. The van der Waals surface area contributed by atoms with Crippen molar-refractivity contribution in [1.29, 1.82) is 0 Å². The summed E-state index contributed by atoms with van der Waals surface area (Å²) in [5.41, 5.74) is 9.53. The third-order valence-corrected chi connectivity index (χ3v) is 7.14. The number of primary amides is 1. The van der Waals surface area contributed by atoms with E-state index in [0.717, 1.165) is 6.07 Å². The highest BCUT2D eigenvalue weighted by molar-refractivity contribution is 7.21. The summed E-state index contributed by atoms with van der Waals surface area (Å²) in [4.78, 5) is 17.3. The Hall–Kier alpha value is -3.10. The van der Waals surface area contributed by atoms with Crippen LogP contribution < -0.4 is 21.7 Å². The highest BCUT2D eigenvalue weighted by Gasteiger charge is 2.37. The molecule has 0 spiro atoms. The zero-order valence-corrected chi connectivity index (χ0v) is 19.3. The van der Waals surface area contributed by atoms with Gasteiger partial charge < -0.3 is 26.8 Å². The lowest BCUT2D eigenvalue weighted by atomic mass is 10.0. The largest absolute Gasteiger partial charge is 0.417 e. The number of benzene rings is 1. The van der Waals surface area contributed by atoms with E-state index in [4.69, 9.17) is 11.5 Å². The number of aromatic nitrogens is 1. The number of nitrogens with one attached hydrogen (secondary N) is 1. The quantitative estimate of drug-likeness (QED) is 0.284. The molecule has 1 aliphatic rings. The normalized spacial score (nSPS) is 16.0. The molecule has 1 atom stereocenters. The number of aliphatic hydroxyl groups is 1. The highest BCUT2D eigenvalue weighted by atomic mass is 32.1. The maximum Gasteiger partial charge on any atom is 0.417 e. The molecule has 3 aromatic rings. The lowest BCUT2D eigenvalue weighted by molar-refractivity contribution is -0.136. The Balaban J connectivity index is 1.46. The Bertz CT molecular complexity index is 1280. The number of nitrogens with zero attached hydrogens (tertiary/aromatic N) is 2. The molecule has 2 aromatic heterocycles. The number of anilines is 2. The van der Waals surface area contributed by atoms with Crippen molar-refractivity contribution in [3.8, 4) is 0 Å². The van der Waals surface area contributed by atoms with E-state index in [1.54, 1.807) is 4.90 Å². The number of rotatable bonds is 6. The van der Waals surface area contributed by atoms with Gasteiger partial charge in [-0.3, -0.25) is 4.79 Å². The van der Waals surface area contributed by atoms with Crippen LogP contribution in [0.1, 0.15) is 39.7 Å². The van der Waals surface area contributed by atoms with Gasteiger partial charge in [-0.15, -0.1) is 11.3 Å². The van der Waals surface area contributed by atoms with E-state index < -0.39 is 41.2 Å². The zero-order valence-electron chi connectivity index (χ0n) is 18.5. The van der Waals surface area contributed by atoms with E-state index in [2.05, 4.69) is 10.3 Å². The van der Waals surface area contributed by atoms with Gasteiger partial charge >= 0.3 is 6.18 Å². The average Bonchev–Trinajstić information content (AvgIpc) is 3.16. The third-order valence-electron chi connectivity index (χ3n) is 6.02. The summed E-state index contributed by atoms with van der Waals surface area (Å²) < 4.78 is 81.3. The first-order valence-corrected chi connectivity index (χ1v) is 11.6. The van der Waals surface area contributed by atoms with Crippen LogP contribution in [0.5, 0.6) is 0 Å². The second-order valence-corrected chi connectivity index (χ2v) is 9.40. The van der Waals surface area contributed by atoms with Gasteiger partial charge in [0.25, 0.3) is 5.91 Å². The van der Waals surface area contributed by atoms with Crippen LogP contribution in [0.3, 0.4) is 0 Å². The molecule has 6 N–H and O–H groups in total. The molecular formula is C22H21F6N5O2S. The van der Waals surface area contributed by atoms with Gasteiger partial charge in [-0.25, -0.2) is 18.2 Å². The van der Waals surface area contributed by atoms with Gasteiger partial charge in [0, 0.05) is 31.1 Å². The van der Waals surface area contributed by atoms with Gasteiger partial charge in [0.15, 0.2) is 17.5 Å². The molecule has 0 radical (unpaired) electrons. The van der Waals surface area contributed by atoms with Gasteiger partial charge in [-0.2, -0.15) is 13.2 Å². The predicted molar refractivity (Wildman–Crippen MR) is 122 cm³/mol. The maximum absolute atomic E-state index is 13.8. The molecule has 14 heteroatoms. The molecule has 0 saturated carbocycles. The van der Waals surface area contributed by atoms with Gasteiger partial charge in [0.2, 0.25) is 0 Å². The minimum absolute atomic E-state index is 0.0479. The fraction of sp³-hybridized carbons (Fsp3) is 0.364. The molecule has 0 bridgehead atoms. The standard InChI is InChI=1S/C22H21F6N5O2S/c23-12-5-9(6-13(24)17(12)25)14(34)8-31-10-1-3-33(4-2-10)15-7-11(22(26,27)28)16-18(29)19(20(30)35)36-21(16)32-15/h5-7,10,14,31,34H,1-4,8,29H2,(H2,30,35). The molecular weight excluding hydrogens is 512 g/mol. The second kappa shape index (κ2) is 9.75. The Morgan fingerprint density at radius 3 is 2.36 bits per heavy atom. The van der Waals surface area contributed by atoms with Crippen molar-refractivity contribution in [3.05, 3.63) is 51.7 Å². The molecule has 1 unspecified atom stereocenters. The Kier molecular flexibility index (Phi) is 7.03. The first kappa shape index (κ1) is 26.0. The van der Waals surface area contributed by atoms with Crippen LogP contribution in [0, 0.1) is 17.5 Å². The molecule has 1 amide bonds. The summed E-state index contributed by atoms with van der Waals surface area (Å²) in [6.45, 7) is 0.585. The van der Waals surface area contributed by atoms with E-state index >= 15 is 0 Å². The van der Waals surface area contributed by atoms with Crippen LogP contribution in [0.4, 0.5) is 37.8 Å². The molecule has 0 aliphatic carbocycles. The van der Waals surface area contributed by atoms with Crippen molar-refractivity contribution >= 4 is 39.0 Å². The van der Waals surface area contributed by atoms with Crippen LogP contribution in [0.25, 0.3) is 10.2 Å². The number of hydrogen-bond acceptors (Lipinski definition) is 7. The summed E-state index contributed by atoms with van der Waals surface area (Å²) in [6, 6.07) is 2.18. The van der Waals surface area contributed by atoms with Crippen LogP contribution in [-0.2, 0) is 6.18 Å². The van der Waals surface area contributed by atoms with Crippen molar-refractivity contribution in [3.63, 3.8) is 0 Å². The van der Waals surface area contributed by atoms with Crippen molar-refractivity contribution in [2.24, 2.45) is 5.73 Å². The summed E-state index contributed by atoms with van der Waals surface area (Å²) >= 11 is 0.699. The fourth-order valence-corrected chi connectivity index (χ4v) is 5.12. The minimum atomic E-state index is -4.74. The van der Waals surface area contributed by atoms with Gasteiger partial charge in [0.1, 0.15) is 15.5 Å². The van der Waals surface area contributed by atoms with E-state index in [0.29, 0.717) is 49.4 Å². The van der Waals surface area contributed by atoms with Gasteiger partial charge in [0.05, 0.1) is 17.4 Å². The van der Waals surface area contributed by atoms with Crippen molar-refractivity contribution in [2.45, 2.75) is 31.2 Å². The zero-order chi connectivity index (χ0) is 26.4. The first-order chi connectivity index (χ1) is 16.9. The summed E-state index contributed by atoms with van der Waals surface area (Å²) in [5, 5.41) is 12.9. The Morgan fingerprint density at radius 2 is 1.81 bits per heavy atom. The molecule has 1 aromatic carbocycles. The average molecular weight is 533 g/mol. The fourth-order valence-electron chi connectivity index (χ4n) is 4.15. The Labute approximate surface area is 204 Å². The minimum Gasteiger partial charge on any atom is -0.397 e. The highest BCUT2D eigenvalue weighted by Crippen LogP contribution is 2.43. The second-order valence-electron chi connectivity index (χ2n) is 8.40. The number of alkyl halides is 3. The number of piperidine rings is 1. The number of hydrogen-bond donors (Lipinski definition) is 4. The monoisotopic (exact) mass is 533 g/mol. The number of fused-ring (bicyclic) bond motifs is 1. The lowest BCUT2D eigenvalue weighted by Gasteiger charge is -2.34. The molecule has 36 heavy (non-hydrogen) atoms. The maximum atomic E-state index is 13.8. The van der Waals surface area contributed by atoms with Crippen LogP contribution >= 0.6 is 11.3 Å². The number of halogens is 6. The molecule has 194 valence electrons. The predicted octanol–water partition coefficient (Wildman–Crippen LogP) is 3.71. The summed E-state index contributed by atoms with van der Waals surface area (Å²) in [6.07, 6.45) is -5.09. The van der Waals surface area contributed by atoms with E-state index in [1.807, 2.05) is 0 Å². The van der Waals surface area contributed by atoms with E-state index in [-0.39, 0.29) is 44.7 Å². The van der Waals surface area contributed by atoms with Crippen molar-refractivity contribution in [2.75, 3.05) is 30.3 Å². The van der Waals surface area contributed by atoms with Crippen LogP contribution in [-0.4, -0.2) is 41.7 Å². The molecule has 1 aliphatic heterocycles. The number of nitrogen functional groups attached to an aromatic ring is 1. The Morgan fingerprint density at radius 1 is 1.19 bits per heavy atom. The van der Waals surface area contributed by atoms with Gasteiger partial charge in [-0.05, 0) is 36.6 Å². The van der Waals surface area contributed by atoms with Crippen LogP contribution in [0.15, 0.2) is 18.2 Å². The van der Waals surface area contributed by atoms with Crippen molar-refractivity contribution in [1.82, 2.24) is 10.3 Å². The molecule has 1 fully saturated rings. The summed E-state index contributed by atoms with van der Waals surface area (Å²) in [5.74, 6) is -5.30. The number of thiophene rings is 1. The number of pyridine rings is 1. The molecule has 1 saturated heterocycles. The SMILES string of the molecule is NC(=O)c1sc2nc(N3CCC(NCC(O)c4cc(F)c(F)c(F)c4)CC3)cc(C(F)(F)F)c2c1N. The van der Waals surface area contributed by atoms with Crippen molar-refractivity contribution < 1.29 is 36.2 Å². The topological polar surface area (TPSA) is 118 Å². The molecule has 3 heterocycles. The van der Waals surface area contributed by atoms with E-state index in [9.17, 15) is 36.2 Å². The first-order valence-electron chi connectivity index (χ1n) is 10.8. The van der Waals surface area contributed by atoms with Crippen LogP contribution in [0.2, 0.25) is 0 Å². The molecule has 7 nitrogen and oxygen atoms in total. The number of nitrogens with two attached hydrogens (primary N) is 2. The molecule has 4 rings (SSSR count). The number of amides is 1. The summed E-state index contributed by atoms with van der Waals surface area (Å²) in [7, 11) is 0. The lowest BCUT2D eigenvalue weighted by Crippen LogP contribution is -2.44. The van der Waals surface area contributed by atoms with Gasteiger partial charge in [-0.1, -0.05) is 0 Å². The van der Waals surface area contributed by atoms with E-state index in [1.165, 1.54) is 0 Å². The third kappa shape index (κ3) is 5.06. The number of carbonyl (C=O) groups is 1. The number of aliphatic hydroxyl groups excluding tert-OH is 1.